The fraction of sp³-hybridized carbons (Fsp3) is 0.500. The lowest BCUT2D eigenvalue weighted by Crippen LogP contribution is -2.31. The van der Waals surface area contributed by atoms with Crippen molar-refractivity contribution in [1.82, 2.24) is 0 Å². The lowest BCUT2D eigenvalue weighted by molar-refractivity contribution is -0.150. The molecule has 0 unspecified atom stereocenters. The largest absolute Gasteiger partial charge is 0.465 e. The Morgan fingerprint density at radius 1 is 1.00 bits per heavy atom. The molecule has 4 nitrogen and oxygen atoms in total. The molecule has 1 aromatic rings. The van der Waals surface area contributed by atoms with Gasteiger partial charge in [0.15, 0.2) is 0 Å². The van der Waals surface area contributed by atoms with E-state index in [0.717, 1.165) is 12.8 Å². The van der Waals surface area contributed by atoms with Gasteiger partial charge in [-0.2, -0.15) is 0 Å². The minimum atomic E-state index is -0.368. The highest BCUT2D eigenvalue weighted by Crippen LogP contribution is 2.25. The van der Waals surface area contributed by atoms with Gasteiger partial charge in [-0.05, 0) is 18.4 Å². The molecule has 20 heavy (non-hydrogen) atoms. The van der Waals surface area contributed by atoms with E-state index in [4.69, 9.17) is 9.47 Å². The highest BCUT2D eigenvalue weighted by atomic mass is 16.5. The second kappa shape index (κ2) is 7.68. The van der Waals surface area contributed by atoms with Crippen molar-refractivity contribution in [3.8, 4) is 0 Å². The number of carbonyl (C=O) groups excluding carboxylic acids is 2. The maximum atomic E-state index is 11.0. The zero-order chi connectivity index (χ0) is 15.0. The molecule has 0 fully saturated rings. The van der Waals surface area contributed by atoms with E-state index in [1.165, 1.54) is 19.4 Å². The minimum Gasteiger partial charge on any atom is -0.465 e. The summed E-state index contributed by atoms with van der Waals surface area (Å²) in [6, 6.07) is 10.1. The third kappa shape index (κ3) is 6.36. The molecule has 0 amide bonds. The fourth-order valence-corrected chi connectivity index (χ4v) is 1.83. The average molecular weight is 278 g/mol. The quantitative estimate of drug-likeness (QED) is 0.720. The minimum absolute atomic E-state index is 0.252. The Morgan fingerprint density at radius 3 is 1.95 bits per heavy atom. The van der Waals surface area contributed by atoms with Gasteiger partial charge in [-0.1, -0.05) is 37.3 Å². The van der Waals surface area contributed by atoms with Crippen molar-refractivity contribution >= 4 is 11.9 Å². The Kier molecular flexibility index (Phi) is 6.22. The predicted octanol–water partition coefficient (Wildman–Crippen LogP) is 2.75. The highest BCUT2D eigenvalue weighted by Gasteiger charge is 2.27. The summed E-state index contributed by atoms with van der Waals surface area (Å²) in [5, 5.41) is 0. The van der Waals surface area contributed by atoms with Crippen molar-refractivity contribution in [1.29, 1.82) is 0 Å². The third-order valence-electron chi connectivity index (χ3n) is 3.11. The van der Waals surface area contributed by atoms with Gasteiger partial charge in [0.1, 0.15) is 0 Å². The molecule has 0 aliphatic rings. The van der Waals surface area contributed by atoms with Gasteiger partial charge in [-0.25, -0.2) is 0 Å². The topological polar surface area (TPSA) is 52.6 Å². The summed E-state index contributed by atoms with van der Waals surface area (Å²) in [5.41, 5.74) is 0.845. The molecule has 1 rings (SSSR count). The fourth-order valence-electron chi connectivity index (χ4n) is 1.83. The monoisotopic (exact) mass is 278 g/mol. The van der Waals surface area contributed by atoms with E-state index in [0.29, 0.717) is 0 Å². The van der Waals surface area contributed by atoms with Crippen LogP contribution in [0.2, 0.25) is 0 Å². The molecule has 110 valence electrons. The van der Waals surface area contributed by atoms with Crippen LogP contribution in [0.4, 0.5) is 0 Å². The van der Waals surface area contributed by atoms with Gasteiger partial charge in [0.2, 0.25) is 0 Å². The van der Waals surface area contributed by atoms with Gasteiger partial charge in [0, 0.05) is 19.3 Å². The molecule has 0 aliphatic heterocycles. The van der Waals surface area contributed by atoms with Crippen LogP contribution in [0.3, 0.4) is 0 Å². The second-order valence-electron chi connectivity index (χ2n) is 5.36. The number of carbonyl (C=O) groups is 2. The molecule has 0 aromatic heterocycles. The molecule has 0 radical (unpaired) electrons. The Bertz CT molecular complexity index is 421. The van der Waals surface area contributed by atoms with E-state index in [2.05, 4.69) is 12.1 Å². The first kappa shape index (κ1) is 16.2. The molecule has 0 N–H and O–H groups in total. The van der Waals surface area contributed by atoms with Crippen LogP contribution in [0.5, 0.6) is 0 Å². The third-order valence-corrected chi connectivity index (χ3v) is 3.11. The maximum Gasteiger partial charge on any atom is 0.302 e. The van der Waals surface area contributed by atoms with E-state index in [1.54, 1.807) is 0 Å². The van der Waals surface area contributed by atoms with Crippen molar-refractivity contribution in [3.63, 3.8) is 0 Å². The van der Waals surface area contributed by atoms with Gasteiger partial charge >= 0.3 is 11.9 Å². The Labute approximate surface area is 120 Å². The molecule has 0 bridgehead atoms. The average Bonchev–Trinajstić information content (AvgIpc) is 2.42. The molecular formula is C16H22O4. The van der Waals surface area contributed by atoms with Crippen LogP contribution in [0.15, 0.2) is 30.3 Å². The summed E-state index contributed by atoms with van der Waals surface area (Å²) in [6.07, 6.45) is 1.62. The van der Waals surface area contributed by atoms with Crippen molar-refractivity contribution in [2.45, 2.75) is 33.6 Å². The van der Waals surface area contributed by atoms with Gasteiger partial charge in [-0.15, -0.1) is 0 Å². The standard InChI is InChI=1S/C16H22O4/c1-13(17)19-11-16(3,12-20-14(2)18)10-9-15-7-5-4-6-8-15/h4-8H,9-12H2,1-3H3. The van der Waals surface area contributed by atoms with Gasteiger partial charge in [-0.3, -0.25) is 9.59 Å². The van der Waals surface area contributed by atoms with Crippen LogP contribution in [-0.2, 0) is 25.5 Å². The summed E-state index contributed by atoms with van der Waals surface area (Å²) in [5.74, 6) is -0.641. The molecule has 0 atom stereocenters. The summed E-state index contributed by atoms with van der Waals surface area (Å²) >= 11 is 0. The molecule has 0 heterocycles. The molecule has 0 spiro atoms. The normalized spacial score (nSPS) is 10.9. The van der Waals surface area contributed by atoms with E-state index in [1.807, 2.05) is 25.1 Å². The first-order valence-corrected chi connectivity index (χ1v) is 6.72. The van der Waals surface area contributed by atoms with E-state index >= 15 is 0 Å². The van der Waals surface area contributed by atoms with Gasteiger partial charge in [0.25, 0.3) is 0 Å². The Balaban J connectivity index is 2.60. The SMILES string of the molecule is CC(=O)OCC(C)(CCc1ccccc1)COC(C)=O. The van der Waals surface area contributed by atoms with E-state index < -0.39 is 0 Å². The Hall–Kier alpha value is -1.84. The first-order valence-electron chi connectivity index (χ1n) is 6.72. The lowest BCUT2D eigenvalue weighted by atomic mass is 9.85. The number of benzene rings is 1. The number of aryl methyl sites for hydroxylation is 1. The number of hydrogen-bond acceptors (Lipinski definition) is 4. The summed E-state index contributed by atoms with van der Waals surface area (Å²) < 4.78 is 10.2. The number of rotatable bonds is 7. The van der Waals surface area contributed by atoms with Crippen LogP contribution >= 0.6 is 0 Å². The summed E-state index contributed by atoms with van der Waals surface area (Å²) in [7, 11) is 0. The van der Waals surface area contributed by atoms with Crippen LogP contribution < -0.4 is 0 Å². The van der Waals surface area contributed by atoms with Crippen LogP contribution in [0.1, 0.15) is 32.8 Å². The molecule has 1 aromatic carbocycles. The molecular weight excluding hydrogens is 256 g/mol. The van der Waals surface area contributed by atoms with Crippen molar-refractivity contribution < 1.29 is 19.1 Å². The van der Waals surface area contributed by atoms with Gasteiger partial charge in [0.05, 0.1) is 13.2 Å². The van der Waals surface area contributed by atoms with Crippen molar-refractivity contribution in [2.75, 3.05) is 13.2 Å². The predicted molar refractivity (Wildman–Crippen MR) is 76.1 cm³/mol. The molecule has 0 saturated heterocycles. The van der Waals surface area contributed by atoms with Crippen molar-refractivity contribution in [2.24, 2.45) is 5.41 Å². The lowest BCUT2D eigenvalue weighted by Gasteiger charge is -2.28. The summed E-state index contributed by atoms with van der Waals surface area (Å²) in [4.78, 5) is 21.9. The number of ether oxygens (including phenoxy) is 2. The number of hydrogen-bond donors (Lipinski definition) is 0. The molecule has 0 saturated carbocycles. The Morgan fingerprint density at radius 2 is 1.50 bits per heavy atom. The van der Waals surface area contributed by atoms with Crippen LogP contribution in [0, 0.1) is 5.41 Å². The highest BCUT2D eigenvalue weighted by molar-refractivity contribution is 5.66. The number of esters is 2. The van der Waals surface area contributed by atoms with Crippen LogP contribution in [0.25, 0.3) is 0 Å². The smallest absolute Gasteiger partial charge is 0.302 e. The molecule has 4 heteroatoms. The molecule has 0 aliphatic carbocycles. The zero-order valence-corrected chi connectivity index (χ0v) is 12.3. The first-order chi connectivity index (χ1) is 9.41. The van der Waals surface area contributed by atoms with E-state index in [9.17, 15) is 9.59 Å². The second-order valence-corrected chi connectivity index (χ2v) is 5.36. The van der Waals surface area contributed by atoms with E-state index in [-0.39, 0.29) is 30.6 Å². The zero-order valence-electron chi connectivity index (χ0n) is 12.3. The van der Waals surface area contributed by atoms with Gasteiger partial charge < -0.3 is 9.47 Å². The van der Waals surface area contributed by atoms with Crippen LogP contribution in [-0.4, -0.2) is 25.2 Å². The summed E-state index contributed by atoms with van der Waals surface area (Å²) in [6.45, 7) is 5.22. The maximum absolute atomic E-state index is 11.0. The van der Waals surface area contributed by atoms with Crippen molar-refractivity contribution in [3.05, 3.63) is 35.9 Å².